The first-order valence-corrected chi connectivity index (χ1v) is 8.31. The molecule has 0 atom stereocenters. The molecule has 3 N–H and O–H groups in total. The number of benzene rings is 1. The fraction of sp³-hybridized carbons (Fsp3) is 0.211. The van der Waals surface area contributed by atoms with Crippen LogP contribution in [-0.4, -0.2) is 22.5 Å². The van der Waals surface area contributed by atoms with E-state index in [0.29, 0.717) is 17.1 Å². The van der Waals surface area contributed by atoms with Gasteiger partial charge in [-0.15, -0.1) is 0 Å². The number of nitrogens with two attached hydrogens (primary N) is 1. The first kappa shape index (κ1) is 18.2. The van der Waals surface area contributed by atoms with Crippen LogP contribution in [0, 0.1) is 13.8 Å². The van der Waals surface area contributed by atoms with E-state index in [2.05, 4.69) is 4.98 Å². The average molecular weight is 368 g/mol. The Morgan fingerprint density at radius 1 is 1.22 bits per heavy atom. The van der Waals surface area contributed by atoms with Crippen molar-refractivity contribution in [3.63, 3.8) is 0 Å². The lowest BCUT2D eigenvalue weighted by atomic mass is 10.2. The first-order chi connectivity index (χ1) is 12.8. The van der Waals surface area contributed by atoms with E-state index >= 15 is 0 Å². The molecule has 0 saturated carbocycles. The maximum absolute atomic E-state index is 12.8. The number of hydrogen-bond donors (Lipinski definition) is 2. The molecular weight excluding hydrogens is 348 g/mol. The van der Waals surface area contributed by atoms with Crippen LogP contribution in [-0.2, 0) is 6.54 Å². The number of amides is 1. The predicted molar refractivity (Wildman–Crippen MR) is 102 cm³/mol. The molecule has 1 amide bonds. The molecule has 8 heteroatoms. The van der Waals surface area contributed by atoms with Crippen molar-refractivity contribution in [1.82, 2.24) is 9.55 Å². The number of hydrogen-bond acceptors (Lipinski definition) is 5. The Hall–Kier alpha value is -3.55. The maximum atomic E-state index is 12.8. The van der Waals surface area contributed by atoms with Gasteiger partial charge in [0.1, 0.15) is 17.3 Å². The summed E-state index contributed by atoms with van der Waals surface area (Å²) in [5, 5.41) is 0. The molecular formula is C19H20N4O4. The Labute approximate surface area is 154 Å². The molecule has 140 valence electrons. The summed E-state index contributed by atoms with van der Waals surface area (Å²) in [4.78, 5) is 40.8. The molecule has 8 nitrogen and oxygen atoms in total. The molecule has 3 aromatic rings. The van der Waals surface area contributed by atoms with Crippen molar-refractivity contribution in [3.05, 3.63) is 79.9 Å². The monoisotopic (exact) mass is 368 g/mol. The molecule has 0 fully saturated rings. The molecule has 0 aliphatic carbocycles. The van der Waals surface area contributed by atoms with Crippen molar-refractivity contribution in [3.8, 4) is 0 Å². The standard InChI is InChI=1S/C19H20N4O4/c1-11-9-14(12(2)27-11)18(25)22(3)15-16(20)23(19(26)21-17(15)24)10-13-7-5-4-6-8-13/h4-9H,10,20H2,1-3H3,(H,21,24,26). The number of aromatic amines is 1. The van der Waals surface area contributed by atoms with Gasteiger partial charge in [0.25, 0.3) is 11.5 Å². The molecule has 3 rings (SSSR count). The zero-order valence-corrected chi connectivity index (χ0v) is 15.3. The van der Waals surface area contributed by atoms with E-state index in [4.69, 9.17) is 10.2 Å². The van der Waals surface area contributed by atoms with E-state index in [1.54, 1.807) is 19.9 Å². The van der Waals surface area contributed by atoms with E-state index < -0.39 is 17.2 Å². The van der Waals surface area contributed by atoms with Gasteiger partial charge in [-0.3, -0.25) is 19.1 Å². The van der Waals surface area contributed by atoms with Gasteiger partial charge >= 0.3 is 5.69 Å². The number of aromatic nitrogens is 2. The van der Waals surface area contributed by atoms with Gasteiger partial charge in [-0.1, -0.05) is 30.3 Å². The van der Waals surface area contributed by atoms with Crippen molar-refractivity contribution in [2.24, 2.45) is 0 Å². The van der Waals surface area contributed by atoms with Crippen LogP contribution in [0.5, 0.6) is 0 Å². The van der Waals surface area contributed by atoms with Crippen molar-refractivity contribution in [2.45, 2.75) is 20.4 Å². The van der Waals surface area contributed by atoms with Crippen LogP contribution in [0.1, 0.15) is 27.4 Å². The minimum absolute atomic E-state index is 0.0821. The van der Waals surface area contributed by atoms with Gasteiger partial charge < -0.3 is 15.1 Å². The minimum atomic E-state index is -0.726. The smallest absolute Gasteiger partial charge is 0.330 e. The SMILES string of the molecule is Cc1cc(C(=O)N(C)c2c(N)n(Cc3ccccc3)c(=O)[nH]c2=O)c(C)o1. The number of aryl methyl sites for hydroxylation is 2. The number of nitrogens with zero attached hydrogens (tertiary/aromatic N) is 2. The number of anilines is 2. The minimum Gasteiger partial charge on any atom is -0.466 e. The summed E-state index contributed by atoms with van der Waals surface area (Å²) in [5.74, 6) is 0.491. The van der Waals surface area contributed by atoms with E-state index in [1.807, 2.05) is 30.3 Å². The number of nitrogens with one attached hydrogen (secondary N) is 1. The normalized spacial score (nSPS) is 10.8. The molecule has 0 aliphatic rings. The predicted octanol–water partition coefficient (Wildman–Crippen LogP) is 1.65. The third-order valence-corrected chi connectivity index (χ3v) is 4.31. The Kier molecular flexibility index (Phi) is 4.72. The zero-order valence-electron chi connectivity index (χ0n) is 15.3. The van der Waals surface area contributed by atoms with Crippen molar-refractivity contribution in [2.75, 3.05) is 17.7 Å². The van der Waals surface area contributed by atoms with Gasteiger partial charge in [0, 0.05) is 7.05 Å². The van der Waals surface area contributed by atoms with Crippen LogP contribution in [0.4, 0.5) is 11.5 Å². The molecule has 1 aromatic carbocycles. The van der Waals surface area contributed by atoms with Gasteiger partial charge in [0.15, 0.2) is 5.69 Å². The number of carbonyl (C=O) groups excluding carboxylic acids is 1. The molecule has 2 aromatic heterocycles. The van der Waals surface area contributed by atoms with Gasteiger partial charge in [-0.2, -0.15) is 0 Å². The van der Waals surface area contributed by atoms with Crippen molar-refractivity contribution in [1.29, 1.82) is 0 Å². The molecule has 0 bridgehead atoms. The van der Waals surface area contributed by atoms with E-state index in [-0.39, 0.29) is 18.1 Å². The van der Waals surface area contributed by atoms with Crippen molar-refractivity contribution >= 4 is 17.4 Å². The maximum Gasteiger partial charge on any atom is 0.330 e. The van der Waals surface area contributed by atoms with Crippen LogP contribution in [0.15, 0.2) is 50.4 Å². The lowest BCUT2D eigenvalue weighted by Crippen LogP contribution is -2.39. The molecule has 0 radical (unpaired) electrons. The Morgan fingerprint density at radius 2 is 1.89 bits per heavy atom. The summed E-state index contributed by atoms with van der Waals surface area (Å²) in [6.45, 7) is 3.56. The van der Waals surface area contributed by atoms with Crippen LogP contribution >= 0.6 is 0 Å². The number of carbonyl (C=O) groups is 1. The topological polar surface area (TPSA) is 114 Å². The van der Waals surface area contributed by atoms with Crippen LogP contribution in [0.2, 0.25) is 0 Å². The zero-order chi connectivity index (χ0) is 19.7. The van der Waals surface area contributed by atoms with Crippen LogP contribution in [0.25, 0.3) is 0 Å². The fourth-order valence-electron chi connectivity index (χ4n) is 2.95. The third kappa shape index (κ3) is 3.41. The highest BCUT2D eigenvalue weighted by Gasteiger charge is 2.24. The van der Waals surface area contributed by atoms with Crippen molar-refractivity contribution < 1.29 is 9.21 Å². The molecule has 0 spiro atoms. The van der Waals surface area contributed by atoms with E-state index in [0.717, 1.165) is 10.5 Å². The highest BCUT2D eigenvalue weighted by Crippen LogP contribution is 2.21. The molecule has 0 unspecified atom stereocenters. The number of furan rings is 1. The quantitative estimate of drug-likeness (QED) is 0.727. The van der Waals surface area contributed by atoms with E-state index in [1.165, 1.54) is 11.6 Å². The lowest BCUT2D eigenvalue weighted by molar-refractivity contribution is 0.0991. The summed E-state index contributed by atoms with van der Waals surface area (Å²) >= 11 is 0. The van der Waals surface area contributed by atoms with Crippen LogP contribution < -0.4 is 21.9 Å². The number of H-pyrrole nitrogens is 1. The molecule has 0 aliphatic heterocycles. The Morgan fingerprint density at radius 3 is 2.48 bits per heavy atom. The number of nitrogen functional groups attached to an aromatic ring is 1. The highest BCUT2D eigenvalue weighted by atomic mass is 16.3. The Balaban J connectivity index is 2.06. The van der Waals surface area contributed by atoms with Gasteiger partial charge in [-0.25, -0.2) is 4.79 Å². The van der Waals surface area contributed by atoms with Crippen LogP contribution in [0.3, 0.4) is 0 Å². The summed E-state index contributed by atoms with van der Waals surface area (Å²) in [6, 6.07) is 10.8. The van der Waals surface area contributed by atoms with E-state index in [9.17, 15) is 14.4 Å². The van der Waals surface area contributed by atoms with Gasteiger partial charge in [0.05, 0.1) is 12.1 Å². The van der Waals surface area contributed by atoms with Gasteiger partial charge in [0.2, 0.25) is 0 Å². The Bertz CT molecular complexity index is 1110. The summed E-state index contributed by atoms with van der Waals surface area (Å²) in [7, 11) is 1.43. The largest absolute Gasteiger partial charge is 0.466 e. The summed E-state index contributed by atoms with van der Waals surface area (Å²) in [5.41, 5.74) is 5.83. The first-order valence-electron chi connectivity index (χ1n) is 8.31. The number of rotatable bonds is 4. The second-order valence-corrected chi connectivity index (χ2v) is 6.26. The second-order valence-electron chi connectivity index (χ2n) is 6.26. The highest BCUT2D eigenvalue weighted by molar-refractivity contribution is 6.07. The summed E-state index contributed by atoms with van der Waals surface area (Å²) < 4.78 is 6.61. The molecule has 27 heavy (non-hydrogen) atoms. The lowest BCUT2D eigenvalue weighted by Gasteiger charge is -2.20. The summed E-state index contributed by atoms with van der Waals surface area (Å²) in [6.07, 6.45) is 0. The second kappa shape index (κ2) is 6.99. The fourth-order valence-corrected chi connectivity index (χ4v) is 2.95. The molecule has 2 heterocycles. The third-order valence-electron chi connectivity index (χ3n) is 4.31. The average Bonchev–Trinajstić information content (AvgIpc) is 2.96. The van der Waals surface area contributed by atoms with Gasteiger partial charge in [-0.05, 0) is 25.5 Å². The molecule has 0 saturated heterocycles.